The van der Waals surface area contributed by atoms with E-state index < -0.39 is 9.84 Å². The summed E-state index contributed by atoms with van der Waals surface area (Å²) in [5.41, 5.74) is 1.13. The second-order valence-electron chi connectivity index (χ2n) is 5.14. The Kier molecular flexibility index (Phi) is 7.88. The molecule has 1 aromatic carbocycles. The first-order valence-corrected chi connectivity index (χ1v) is 9.58. The number of nitrogens with one attached hydrogen (secondary N) is 1. The van der Waals surface area contributed by atoms with Crippen molar-refractivity contribution in [2.24, 2.45) is 4.99 Å². The molecule has 0 aliphatic rings. The highest BCUT2D eigenvalue weighted by Gasteiger charge is 2.10. The maximum absolute atomic E-state index is 11.5. The Morgan fingerprint density at radius 2 is 1.91 bits per heavy atom. The maximum atomic E-state index is 11.5. The van der Waals surface area contributed by atoms with E-state index in [9.17, 15) is 8.42 Å². The van der Waals surface area contributed by atoms with Gasteiger partial charge < -0.3 is 15.0 Å². The number of guanidine groups is 1. The largest absolute Gasteiger partial charge is 0.494 e. The molecule has 0 heterocycles. The monoisotopic (exact) mass is 341 g/mol. The van der Waals surface area contributed by atoms with E-state index >= 15 is 0 Å². The molecule has 0 unspecified atom stereocenters. The molecule has 0 amide bonds. The first-order valence-electron chi connectivity index (χ1n) is 7.75. The van der Waals surface area contributed by atoms with Crippen molar-refractivity contribution in [1.82, 2.24) is 10.2 Å². The summed E-state index contributed by atoms with van der Waals surface area (Å²) in [6.45, 7) is 5.29. The first kappa shape index (κ1) is 19.3. The summed E-state index contributed by atoms with van der Waals surface area (Å²) < 4.78 is 28.4. The van der Waals surface area contributed by atoms with Gasteiger partial charge in [0.05, 0.1) is 12.4 Å². The zero-order valence-corrected chi connectivity index (χ0v) is 15.2. The van der Waals surface area contributed by atoms with Gasteiger partial charge in [-0.1, -0.05) is 19.1 Å². The topological polar surface area (TPSA) is 71.0 Å². The Morgan fingerprint density at radius 1 is 1.26 bits per heavy atom. The fourth-order valence-electron chi connectivity index (χ4n) is 2.05. The van der Waals surface area contributed by atoms with E-state index in [0.29, 0.717) is 25.7 Å². The summed E-state index contributed by atoms with van der Waals surface area (Å²) in [7, 11) is 0.634. The van der Waals surface area contributed by atoms with Crippen molar-refractivity contribution in [3.8, 4) is 5.75 Å². The van der Waals surface area contributed by atoms with Gasteiger partial charge in [-0.15, -0.1) is 0 Å². The van der Waals surface area contributed by atoms with Crippen LogP contribution >= 0.6 is 0 Å². The Morgan fingerprint density at radius 3 is 2.43 bits per heavy atom. The minimum atomic E-state index is -2.97. The second-order valence-corrected chi connectivity index (χ2v) is 7.62. The Hall–Kier alpha value is -1.76. The Balaban J connectivity index is 2.55. The number of aliphatic imine (C=N–C) groups is 1. The molecule has 0 spiro atoms. The zero-order valence-electron chi connectivity index (χ0n) is 14.4. The molecule has 6 nitrogen and oxygen atoms in total. The molecule has 1 N–H and O–H groups in total. The summed E-state index contributed by atoms with van der Waals surface area (Å²) in [4.78, 5) is 6.14. The molecule has 130 valence electrons. The Labute approximate surface area is 139 Å². The van der Waals surface area contributed by atoms with E-state index in [-0.39, 0.29) is 11.5 Å². The minimum Gasteiger partial charge on any atom is -0.494 e. The third-order valence-electron chi connectivity index (χ3n) is 3.36. The van der Waals surface area contributed by atoms with Gasteiger partial charge in [0.1, 0.15) is 5.75 Å². The highest BCUT2D eigenvalue weighted by Crippen LogP contribution is 2.13. The van der Waals surface area contributed by atoms with E-state index in [2.05, 4.69) is 10.3 Å². The molecule has 1 rings (SSSR count). The summed E-state index contributed by atoms with van der Waals surface area (Å²) in [5, 5.41) is 3.08. The third kappa shape index (κ3) is 6.90. The van der Waals surface area contributed by atoms with Crippen LogP contribution in [0.25, 0.3) is 0 Å². The molecular formula is C16H27N3O3S. The van der Waals surface area contributed by atoms with Gasteiger partial charge >= 0.3 is 0 Å². The lowest BCUT2D eigenvalue weighted by molar-refractivity contribution is 0.340. The highest BCUT2D eigenvalue weighted by molar-refractivity contribution is 7.91. The molecule has 0 radical (unpaired) electrons. The van der Waals surface area contributed by atoms with E-state index in [1.807, 2.05) is 43.1 Å². The highest BCUT2D eigenvalue weighted by atomic mass is 32.2. The zero-order chi connectivity index (χ0) is 17.3. The summed E-state index contributed by atoms with van der Waals surface area (Å²) in [6, 6.07) is 7.90. The van der Waals surface area contributed by atoms with Gasteiger partial charge in [0.25, 0.3) is 0 Å². The number of sulfone groups is 1. The van der Waals surface area contributed by atoms with E-state index in [1.165, 1.54) is 0 Å². The molecule has 23 heavy (non-hydrogen) atoms. The van der Waals surface area contributed by atoms with Crippen molar-refractivity contribution >= 4 is 15.8 Å². The number of hydrogen-bond donors (Lipinski definition) is 1. The number of ether oxygens (including phenoxy) is 1. The molecule has 0 saturated heterocycles. The predicted octanol–water partition coefficient (Wildman–Crippen LogP) is 1.53. The lowest BCUT2D eigenvalue weighted by Crippen LogP contribution is -2.40. The van der Waals surface area contributed by atoms with E-state index in [4.69, 9.17) is 4.74 Å². The van der Waals surface area contributed by atoms with Gasteiger partial charge in [0, 0.05) is 32.9 Å². The fraction of sp³-hybridized carbons (Fsp3) is 0.562. The van der Waals surface area contributed by atoms with Gasteiger partial charge in [0.15, 0.2) is 15.8 Å². The van der Waals surface area contributed by atoms with Crippen LogP contribution in [0.15, 0.2) is 29.3 Å². The normalized spacial score (nSPS) is 12.1. The van der Waals surface area contributed by atoms with Crippen molar-refractivity contribution in [3.05, 3.63) is 29.8 Å². The second kappa shape index (κ2) is 9.39. The van der Waals surface area contributed by atoms with Crippen LogP contribution in [0.2, 0.25) is 0 Å². The van der Waals surface area contributed by atoms with E-state index in [1.54, 1.807) is 14.0 Å². The van der Waals surface area contributed by atoms with Gasteiger partial charge in [-0.2, -0.15) is 0 Å². The fourth-order valence-corrected chi connectivity index (χ4v) is 2.76. The van der Waals surface area contributed by atoms with Gasteiger partial charge in [-0.25, -0.2) is 8.42 Å². The first-order chi connectivity index (χ1) is 10.9. The maximum Gasteiger partial charge on any atom is 0.193 e. The van der Waals surface area contributed by atoms with Crippen LogP contribution < -0.4 is 10.1 Å². The van der Waals surface area contributed by atoms with Crippen LogP contribution in [-0.4, -0.2) is 58.0 Å². The number of nitrogens with zero attached hydrogens (tertiary/aromatic N) is 2. The van der Waals surface area contributed by atoms with Crippen LogP contribution in [0.5, 0.6) is 5.75 Å². The molecule has 0 aliphatic heterocycles. The molecule has 7 heteroatoms. The quantitative estimate of drug-likeness (QED) is 0.573. The van der Waals surface area contributed by atoms with Crippen LogP contribution in [-0.2, 0) is 16.4 Å². The van der Waals surface area contributed by atoms with Crippen molar-refractivity contribution in [1.29, 1.82) is 0 Å². The standard InChI is InChI=1S/C16H27N3O3S/c1-5-22-15-9-7-14(8-10-15)13-19(4)16(17-3)18-11-12-23(20,21)6-2/h7-10H,5-6,11-13H2,1-4H3,(H,17,18). The van der Waals surface area contributed by atoms with Gasteiger partial charge in [0.2, 0.25) is 0 Å². The Bertz CT molecular complexity index is 598. The van der Waals surface area contributed by atoms with E-state index in [0.717, 1.165) is 11.3 Å². The van der Waals surface area contributed by atoms with Crippen LogP contribution in [0, 0.1) is 0 Å². The third-order valence-corrected chi connectivity index (χ3v) is 5.07. The average molecular weight is 341 g/mol. The molecule has 0 fully saturated rings. The molecule has 0 atom stereocenters. The van der Waals surface area contributed by atoms with Gasteiger partial charge in [-0.3, -0.25) is 4.99 Å². The molecule has 1 aromatic rings. The van der Waals surface area contributed by atoms with Crippen molar-refractivity contribution in [3.63, 3.8) is 0 Å². The molecule has 0 aromatic heterocycles. The molecular weight excluding hydrogens is 314 g/mol. The van der Waals surface area contributed by atoms with Crippen molar-refractivity contribution < 1.29 is 13.2 Å². The lowest BCUT2D eigenvalue weighted by Gasteiger charge is -2.22. The summed E-state index contributed by atoms with van der Waals surface area (Å²) >= 11 is 0. The van der Waals surface area contributed by atoms with Gasteiger partial charge in [-0.05, 0) is 24.6 Å². The predicted molar refractivity (Wildman–Crippen MR) is 94.8 cm³/mol. The number of hydrogen-bond acceptors (Lipinski definition) is 4. The SMILES string of the molecule is CCOc1ccc(CN(C)C(=NC)NCCS(=O)(=O)CC)cc1. The average Bonchev–Trinajstić information content (AvgIpc) is 2.53. The summed E-state index contributed by atoms with van der Waals surface area (Å²) in [5.74, 6) is 1.80. The smallest absolute Gasteiger partial charge is 0.193 e. The molecule has 0 saturated carbocycles. The van der Waals surface area contributed by atoms with Crippen molar-refractivity contribution in [2.75, 3.05) is 38.8 Å². The van der Waals surface area contributed by atoms with Crippen LogP contribution in [0.3, 0.4) is 0 Å². The molecule has 0 bridgehead atoms. The van der Waals surface area contributed by atoms with Crippen LogP contribution in [0.4, 0.5) is 0 Å². The molecule has 0 aliphatic carbocycles. The number of rotatable bonds is 8. The lowest BCUT2D eigenvalue weighted by atomic mass is 10.2. The number of benzene rings is 1. The van der Waals surface area contributed by atoms with Crippen LogP contribution in [0.1, 0.15) is 19.4 Å². The van der Waals surface area contributed by atoms with Crippen molar-refractivity contribution in [2.45, 2.75) is 20.4 Å². The minimum absolute atomic E-state index is 0.111. The summed E-state index contributed by atoms with van der Waals surface area (Å²) in [6.07, 6.45) is 0.